The Kier molecular flexibility index (Phi) is 6.07. The molecule has 3 heterocycles. The minimum Gasteiger partial charge on any atom is -0.493 e. The number of esters is 2. The Morgan fingerprint density at radius 3 is 2.02 bits per heavy atom. The predicted octanol–water partition coefficient (Wildman–Crippen LogP) is 0.314. The molecule has 7 aliphatic rings. The van der Waals surface area contributed by atoms with Crippen molar-refractivity contribution in [1.82, 2.24) is 0 Å². The lowest BCUT2D eigenvalue weighted by Gasteiger charge is -2.47. The van der Waals surface area contributed by atoms with Crippen LogP contribution in [0.5, 0.6) is 0 Å². The molecule has 0 aromatic carbocycles. The lowest BCUT2D eigenvalue weighted by atomic mass is 9.62. The molecule has 3 N–H and O–H groups in total. The lowest BCUT2D eigenvalue weighted by molar-refractivity contribution is -0.245. The van der Waals surface area contributed by atoms with E-state index in [1.807, 2.05) is 13.8 Å². The van der Waals surface area contributed by atoms with Crippen LogP contribution in [0.1, 0.15) is 46.0 Å². The van der Waals surface area contributed by atoms with Gasteiger partial charge < -0.3 is 39.0 Å². The van der Waals surface area contributed by atoms with Gasteiger partial charge in [-0.05, 0) is 37.5 Å². The van der Waals surface area contributed by atoms with Crippen LogP contribution in [0.4, 0.5) is 0 Å². The number of carbonyl (C=O) groups is 4. The predicted molar refractivity (Wildman–Crippen MR) is 137 cm³/mol. The minimum atomic E-state index is -2.69. The Hall–Kier alpha value is -2.80. The molecule has 228 valence electrons. The minimum absolute atomic E-state index is 0.0381. The number of allylic oxidation sites excluding steroid dienone is 2. The molecule has 4 aliphatic carbocycles. The van der Waals surface area contributed by atoms with E-state index in [4.69, 9.17) is 23.7 Å². The summed E-state index contributed by atoms with van der Waals surface area (Å²) in [5, 5.41) is 33.8. The van der Waals surface area contributed by atoms with Crippen LogP contribution in [0.25, 0.3) is 0 Å². The van der Waals surface area contributed by atoms with Crippen molar-refractivity contribution in [2.24, 2.45) is 41.4 Å². The highest BCUT2D eigenvalue weighted by Gasteiger charge is 2.80. The second kappa shape index (κ2) is 9.10. The van der Waals surface area contributed by atoms with Gasteiger partial charge in [0.25, 0.3) is 5.79 Å². The van der Waals surface area contributed by atoms with E-state index in [-0.39, 0.29) is 46.7 Å². The number of Topliss-reactive ketones (excluding diaryl/α,β-unsaturated/α-hetero) is 2. The van der Waals surface area contributed by atoms with Gasteiger partial charge in [-0.3, -0.25) is 9.59 Å². The highest BCUT2D eigenvalue weighted by molar-refractivity contribution is 6.10. The van der Waals surface area contributed by atoms with E-state index in [2.05, 4.69) is 0 Å². The Morgan fingerprint density at radius 1 is 0.857 bits per heavy atom. The SMILES string of the molecule is COC(=O)[C@@]12O[C@](O)(C(=O)OC)[C@@H]3CC4=C(C(=O)C5C(O)CC(C)CC5O4)[C@@H](C4=C1C(=O)C1C(O)CC(C)CC1O4)[C@H]32. The van der Waals surface area contributed by atoms with E-state index in [9.17, 15) is 34.5 Å². The van der Waals surface area contributed by atoms with Crippen LogP contribution in [0, 0.1) is 41.4 Å². The molecule has 0 aromatic heterocycles. The first-order valence-corrected chi connectivity index (χ1v) is 14.7. The van der Waals surface area contributed by atoms with Crippen LogP contribution in [-0.2, 0) is 42.9 Å². The summed E-state index contributed by atoms with van der Waals surface area (Å²) < 4.78 is 29.1. The fraction of sp³-hybridized carbons (Fsp3) is 0.733. The third-order valence-electron chi connectivity index (χ3n) is 10.8. The van der Waals surface area contributed by atoms with Gasteiger partial charge in [0.05, 0.1) is 49.8 Å². The van der Waals surface area contributed by atoms with E-state index in [1.165, 1.54) is 0 Å². The topological polar surface area (TPSA) is 175 Å². The molecule has 13 atom stereocenters. The van der Waals surface area contributed by atoms with E-state index in [1.54, 1.807) is 0 Å². The van der Waals surface area contributed by atoms with E-state index in [0.717, 1.165) is 14.2 Å². The van der Waals surface area contributed by atoms with Gasteiger partial charge >= 0.3 is 11.9 Å². The van der Waals surface area contributed by atoms with Gasteiger partial charge in [-0.25, -0.2) is 9.59 Å². The summed E-state index contributed by atoms with van der Waals surface area (Å²) in [7, 11) is 2.16. The third kappa shape index (κ3) is 3.32. The highest BCUT2D eigenvalue weighted by Crippen LogP contribution is 2.68. The number of rotatable bonds is 2. The molecule has 12 nitrogen and oxygen atoms in total. The third-order valence-corrected chi connectivity index (χ3v) is 10.8. The summed E-state index contributed by atoms with van der Waals surface area (Å²) >= 11 is 0. The molecular formula is C30H36O12. The first-order valence-electron chi connectivity index (χ1n) is 14.7. The molecule has 42 heavy (non-hydrogen) atoms. The molecule has 12 heteroatoms. The van der Waals surface area contributed by atoms with Gasteiger partial charge in [-0.1, -0.05) is 13.8 Å². The molecule has 1 saturated heterocycles. The summed E-state index contributed by atoms with van der Waals surface area (Å²) in [6.07, 6.45) is -1.80. The Balaban J connectivity index is 1.47. The van der Waals surface area contributed by atoms with E-state index < -0.39 is 83.1 Å². The van der Waals surface area contributed by atoms with Gasteiger partial charge in [0.1, 0.15) is 23.7 Å². The standard InChI is InChI=1S/C30H36O12/c1-10-5-13(31)18-15(7-10)40-17-9-12-22-21(20(17)24(18)33)26-23(25(34)19-14(32)6-11(2)8-16(19)41-26)29(22,27(35)38-3)42-30(12,37)28(36)39-4/h10-16,18-19,21-22,31-32,37H,5-9H2,1-4H3/t10?,11?,12-,13?,14?,15?,16?,18?,19?,21-,22+,29+,30+/m1/s1. The smallest absolute Gasteiger partial charge is 0.366 e. The van der Waals surface area contributed by atoms with Gasteiger partial charge in [0.15, 0.2) is 11.6 Å². The molecule has 3 aliphatic heterocycles. The number of hydrogen-bond acceptors (Lipinski definition) is 12. The van der Waals surface area contributed by atoms with Crippen LogP contribution in [-0.4, -0.2) is 88.8 Å². The zero-order valence-electron chi connectivity index (χ0n) is 23.9. The fourth-order valence-corrected chi connectivity index (χ4v) is 9.29. The number of carbonyl (C=O) groups excluding carboxylic acids is 4. The molecule has 3 fully saturated rings. The largest absolute Gasteiger partial charge is 0.493 e. The summed E-state index contributed by atoms with van der Waals surface area (Å²) in [5.41, 5.74) is -2.42. The first-order chi connectivity index (χ1) is 19.9. The monoisotopic (exact) mass is 588 g/mol. The van der Waals surface area contributed by atoms with Crippen molar-refractivity contribution in [3.05, 3.63) is 22.7 Å². The molecule has 0 radical (unpaired) electrons. The number of hydrogen-bond donors (Lipinski definition) is 3. The van der Waals surface area contributed by atoms with Crippen molar-refractivity contribution in [2.75, 3.05) is 14.2 Å². The van der Waals surface area contributed by atoms with Crippen LogP contribution in [0.15, 0.2) is 22.7 Å². The first kappa shape index (κ1) is 28.0. The van der Waals surface area contributed by atoms with E-state index in [0.29, 0.717) is 25.7 Å². The lowest BCUT2D eigenvalue weighted by Crippen LogP contribution is -2.55. The Bertz CT molecular complexity index is 1350. The zero-order valence-corrected chi connectivity index (χ0v) is 23.9. The van der Waals surface area contributed by atoms with Gasteiger partial charge in [-0.15, -0.1) is 0 Å². The second-order valence-corrected chi connectivity index (χ2v) is 13.3. The maximum atomic E-state index is 14.4. The number of ether oxygens (including phenoxy) is 5. The van der Waals surface area contributed by atoms with Gasteiger partial charge in [0, 0.05) is 23.8 Å². The molecule has 0 amide bonds. The number of aliphatic hydroxyl groups is 3. The molecule has 0 aromatic rings. The fourth-order valence-electron chi connectivity index (χ4n) is 9.29. The summed E-state index contributed by atoms with van der Waals surface area (Å²) in [6.45, 7) is 3.91. The summed E-state index contributed by atoms with van der Waals surface area (Å²) in [4.78, 5) is 55.6. The zero-order chi connectivity index (χ0) is 30.0. The van der Waals surface area contributed by atoms with Crippen molar-refractivity contribution < 1.29 is 58.2 Å². The van der Waals surface area contributed by atoms with Crippen molar-refractivity contribution in [3.63, 3.8) is 0 Å². The number of ketones is 2. The maximum Gasteiger partial charge on any atom is 0.366 e. The highest BCUT2D eigenvalue weighted by atomic mass is 16.7. The van der Waals surface area contributed by atoms with Crippen LogP contribution >= 0.6 is 0 Å². The maximum absolute atomic E-state index is 14.4. The van der Waals surface area contributed by atoms with Crippen molar-refractivity contribution in [2.45, 2.75) is 81.8 Å². The quantitative estimate of drug-likeness (QED) is 0.377. The van der Waals surface area contributed by atoms with Crippen molar-refractivity contribution in [1.29, 1.82) is 0 Å². The summed E-state index contributed by atoms with van der Waals surface area (Å²) in [6, 6.07) is 0. The Morgan fingerprint density at radius 2 is 1.43 bits per heavy atom. The van der Waals surface area contributed by atoms with Crippen molar-refractivity contribution >= 4 is 23.5 Å². The average molecular weight is 589 g/mol. The van der Waals surface area contributed by atoms with Gasteiger partial charge in [-0.2, -0.15) is 0 Å². The molecule has 7 rings (SSSR count). The summed E-state index contributed by atoms with van der Waals surface area (Å²) in [5.74, 6) is -10.8. The molecule has 2 saturated carbocycles. The van der Waals surface area contributed by atoms with E-state index >= 15 is 0 Å². The number of aliphatic hydroxyl groups excluding tert-OH is 2. The number of fused-ring (bicyclic) bond motifs is 5. The normalized spacial score (nSPS) is 48.7. The van der Waals surface area contributed by atoms with Gasteiger partial charge in [0.2, 0.25) is 5.60 Å². The molecule has 0 bridgehead atoms. The molecular weight excluding hydrogens is 552 g/mol. The Labute approximate surface area is 241 Å². The van der Waals surface area contributed by atoms with Crippen molar-refractivity contribution in [3.8, 4) is 0 Å². The van der Waals surface area contributed by atoms with Crippen LogP contribution in [0.2, 0.25) is 0 Å². The molecule has 8 unspecified atom stereocenters. The van der Waals surface area contributed by atoms with Crippen LogP contribution < -0.4 is 0 Å². The van der Waals surface area contributed by atoms with Crippen LogP contribution in [0.3, 0.4) is 0 Å². The second-order valence-electron chi connectivity index (χ2n) is 13.3. The molecule has 0 spiro atoms. The average Bonchev–Trinajstić information content (AvgIpc) is 3.36. The number of methoxy groups -OCH3 is 2.